The molecule has 154 valence electrons. The third-order valence-electron chi connectivity index (χ3n) is 3.78. The summed E-state index contributed by atoms with van der Waals surface area (Å²) in [6.07, 6.45) is 1.30. The minimum atomic E-state index is -0.660. The van der Waals surface area contributed by atoms with Crippen LogP contribution in [0.25, 0.3) is 6.08 Å². The van der Waals surface area contributed by atoms with Crippen LogP contribution in [0.15, 0.2) is 42.0 Å². The Morgan fingerprint density at radius 2 is 1.73 bits per heavy atom. The van der Waals surface area contributed by atoms with E-state index in [0.717, 1.165) is 0 Å². The van der Waals surface area contributed by atoms with Crippen molar-refractivity contribution in [2.24, 2.45) is 0 Å². The van der Waals surface area contributed by atoms with Crippen LogP contribution in [0, 0.1) is 0 Å². The first-order valence-electron chi connectivity index (χ1n) is 8.28. The molecule has 0 aliphatic carbocycles. The van der Waals surface area contributed by atoms with Crippen molar-refractivity contribution in [2.75, 3.05) is 11.9 Å². The molecule has 7 nitrogen and oxygen atoms in total. The van der Waals surface area contributed by atoms with Gasteiger partial charge in [0, 0.05) is 16.3 Å². The van der Waals surface area contributed by atoms with E-state index >= 15 is 0 Å². The Kier molecular flexibility index (Phi) is 6.94. The smallest absolute Gasteiger partial charge is 0.263 e. The number of halogens is 3. The molecular formula is C19H12Cl3N3O4S. The van der Waals surface area contributed by atoms with Crippen LogP contribution in [-0.4, -0.2) is 29.4 Å². The molecule has 1 saturated heterocycles. The number of anilines is 1. The van der Waals surface area contributed by atoms with E-state index in [-0.39, 0.29) is 23.0 Å². The van der Waals surface area contributed by atoms with E-state index in [9.17, 15) is 14.4 Å². The zero-order valence-corrected chi connectivity index (χ0v) is 18.0. The number of thiocarbonyl (C=S) groups is 1. The molecule has 1 aliphatic heterocycles. The molecule has 0 unspecified atom stereocenters. The van der Waals surface area contributed by atoms with Gasteiger partial charge in [0.2, 0.25) is 0 Å². The van der Waals surface area contributed by atoms with E-state index in [1.807, 2.05) is 0 Å². The molecule has 3 N–H and O–H groups in total. The second-order valence-corrected chi connectivity index (χ2v) is 7.60. The molecule has 2 aromatic rings. The van der Waals surface area contributed by atoms with Crippen LogP contribution in [0.1, 0.15) is 5.56 Å². The van der Waals surface area contributed by atoms with Crippen LogP contribution in [-0.2, 0) is 14.4 Å². The number of amides is 3. The number of rotatable bonds is 5. The molecule has 0 atom stereocenters. The predicted octanol–water partition coefficient (Wildman–Crippen LogP) is 3.58. The highest BCUT2D eigenvalue weighted by molar-refractivity contribution is 7.80. The third-order valence-corrected chi connectivity index (χ3v) is 4.96. The molecule has 1 fully saturated rings. The average molecular weight is 485 g/mol. The summed E-state index contributed by atoms with van der Waals surface area (Å²) in [4.78, 5) is 36.3. The fourth-order valence-corrected chi connectivity index (χ4v) is 3.10. The summed E-state index contributed by atoms with van der Waals surface area (Å²) in [7, 11) is 0. The van der Waals surface area contributed by atoms with Crippen LogP contribution >= 0.6 is 47.0 Å². The summed E-state index contributed by atoms with van der Waals surface area (Å²) in [6.45, 7) is -0.347. The average Bonchev–Trinajstić information content (AvgIpc) is 2.67. The summed E-state index contributed by atoms with van der Waals surface area (Å²) >= 11 is 22.6. The summed E-state index contributed by atoms with van der Waals surface area (Å²) in [5.74, 6) is -1.54. The second-order valence-electron chi connectivity index (χ2n) is 5.94. The van der Waals surface area contributed by atoms with Gasteiger partial charge in [-0.05, 0) is 54.7 Å². The fraction of sp³-hybridized carbons (Fsp3) is 0.0526. The van der Waals surface area contributed by atoms with E-state index in [1.54, 1.807) is 18.2 Å². The Morgan fingerprint density at radius 1 is 1.03 bits per heavy atom. The van der Waals surface area contributed by atoms with Crippen LogP contribution in [0.2, 0.25) is 15.1 Å². The lowest BCUT2D eigenvalue weighted by atomic mass is 10.1. The fourth-order valence-electron chi connectivity index (χ4n) is 2.44. The summed E-state index contributed by atoms with van der Waals surface area (Å²) in [5.41, 5.74) is 0.594. The van der Waals surface area contributed by atoms with E-state index in [4.69, 9.17) is 51.8 Å². The Morgan fingerprint density at radius 3 is 2.40 bits per heavy atom. The number of carbonyl (C=O) groups excluding carboxylic acids is 3. The molecule has 11 heteroatoms. The molecule has 0 aromatic heterocycles. The van der Waals surface area contributed by atoms with E-state index in [0.29, 0.717) is 26.3 Å². The monoisotopic (exact) mass is 483 g/mol. The molecule has 1 heterocycles. The van der Waals surface area contributed by atoms with Gasteiger partial charge < -0.3 is 10.1 Å². The highest BCUT2D eigenvalue weighted by atomic mass is 35.5. The van der Waals surface area contributed by atoms with Crippen molar-refractivity contribution in [1.82, 2.24) is 10.6 Å². The van der Waals surface area contributed by atoms with Gasteiger partial charge in [0.25, 0.3) is 17.7 Å². The van der Waals surface area contributed by atoms with Crippen LogP contribution in [0.3, 0.4) is 0 Å². The van der Waals surface area contributed by atoms with Crippen LogP contribution in [0.4, 0.5) is 5.69 Å². The zero-order chi connectivity index (χ0) is 21.8. The highest BCUT2D eigenvalue weighted by Gasteiger charge is 2.26. The van der Waals surface area contributed by atoms with Gasteiger partial charge in [-0.25, -0.2) is 0 Å². The molecule has 0 bridgehead atoms. The van der Waals surface area contributed by atoms with E-state index in [1.165, 1.54) is 24.3 Å². The van der Waals surface area contributed by atoms with Crippen molar-refractivity contribution < 1.29 is 19.1 Å². The van der Waals surface area contributed by atoms with Crippen LogP contribution in [0.5, 0.6) is 5.75 Å². The molecule has 3 rings (SSSR count). The topological polar surface area (TPSA) is 96.5 Å². The minimum absolute atomic E-state index is 0.0799. The standard InChI is InChI=1S/C19H12Cl3N3O4S/c20-10-1-4-15(9(5-10)6-12-17(27)24-19(30)25-18(12)28)29-8-16(26)23-11-2-3-13(21)14(22)7-11/h1-7H,8H2,(H,23,26)(H2,24,25,27,28,30). The SMILES string of the molecule is O=C(COc1ccc(Cl)cc1C=C1C(=O)NC(=S)NC1=O)Nc1ccc(Cl)c(Cl)c1. The van der Waals surface area contributed by atoms with Gasteiger partial charge in [-0.2, -0.15) is 0 Å². The molecule has 0 radical (unpaired) electrons. The minimum Gasteiger partial charge on any atom is -0.483 e. The first-order chi connectivity index (χ1) is 14.2. The quantitative estimate of drug-likeness (QED) is 0.342. The predicted molar refractivity (Wildman–Crippen MR) is 119 cm³/mol. The van der Waals surface area contributed by atoms with E-state index in [2.05, 4.69) is 16.0 Å². The Hall–Kier alpha value is -2.65. The lowest BCUT2D eigenvalue weighted by Gasteiger charge is -2.17. The Bertz CT molecular complexity index is 1080. The molecule has 2 aromatic carbocycles. The molecule has 30 heavy (non-hydrogen) atoms. The third kappa shape index (κ3) is 5.48. The van der Waals surface area contributed by atoms with Crippen molar-refractivity contribution in [2.45, 2.75) is 0 Å². The van der Waals surface area contributed by atoms with Gasteiger partial charge >= 0.3 is 0 Å². The summed E-state index contributed by atoms with van der Waals surface area (Å²) < 4.78 is 5.55. The zero-order valence-electron chi connectivity index (χ0n) is 14.9. The number of hydrogen-bond acceptors (Lipinski definition) is 5. The number of benzene rings is 2. The van der Waals surface area contributed by atoms with Gasteiger partial charge in [-0.1, -0.05) is 34.8 Å². The summed E-state index contributed by atoms with van der Waals surface area (Å²) in [5, 5.41) is 8.22. The lowest BCUT2D eigenvalue weighted by Crippen LogP contribution is -2.51. The number of carbonyl (C=O) groups is 3. The molecule has 0 spiro atoms. The first kappa shape index (κ1) is 22.0. The van der Waals surface area contributed by atoms with Gasteiger partial charge in [0.05, 0.1) is 10.0 Å². The lowest BCUT2D eigenvalue weighted by molar-refractivity contribution is -0.123. The van der Waals surface area contributed by atoms with Gasteiger partial charge in [0.1, 0.15) is 11.3 Å². The molecule has 0 saturated carbocycles. The van der Waals surface area contributed by atoms with Gasteiger partial charge in [-0.15, -0.1) is 0 Å². The number of hydrogen-bond donors (Lipinski definition) is 3. The van der Waals surface area contributed by atoms with Gasteiger partial charge in [0.15, 0.2) is 11.7 Å². The van der Waals surface area contributed by atoms with Crippen molar-refractivity contribution in [3.8, 4) is 5.75 Å². The van der Waals surface area contributed by atoms with Gasteiger partial charge in [-0.3, -0.25) is 25.0 Å². The maximum absolute atomic E-state index is 12.2. The number of ether oxygens (including phenoxy) is 1. The van der Waals surface area contributed by atoms with Crippen molar-refractivity contribution in [3.63, 3.8) is 0 Å². The Balaban J connectivity index is 1.75. The van der Waals surface area contributed by atoms with Crippen molar-refractivity contribution >= 4 is 81.6 Å². The van der Waals surface area contributed by atoms with Crippen molar-refractivity contribution in [3.05, 3.63) is 62.6 Å². The molecule has 3 amide bonds. The highest BCUT2D eigenvalue weighted by Crippen LogP contribution is 2.27. The second kappa shape index (κ2) is 9.44. The van der Waals surface area contributed by atoms with Crippen LogP contribution < -0.4 is 20.7 Å². The maximum Gasteiger partial charge on any atom is 0.263 e. The summed E-state index contributed by atoms with van der Waals surface area (Å²) in [6, 6.07) is 9.21. The van der Waals surface area contributed by atoms with E-state index < -0.39 is 17.7 Å². The maximum atomic E-state index is 12.2. The normalized spacial score (nSPS) is 13.4. The molecular weight excluding hydrogens is 473 g/mol. The molecule has 1 aliphatic rings. The Labute approximate surface area is 191 Å². The largest absolute Gasteiger partial charge is 0.483 e. The first-order valence-corrected chi connectivity index (χ1v) is 9.83. The van der Waals surface area contributed by atoms with Crippen molar-refractivity contribution in [1.29, 1.82) is 0 Å². The number of nitrogens with one attached hydrogen (secondary N) is 3.